The zero-order chi connectivity index (χ0) is 15.4. The van der Waals surface area contributed by atoms with Crippen molar-refractivity contribution in [1.82, 2.24) is 14.5 Å². The number of benzene rings is 1. The van der Waals surface area contributed by atoms with Gasteiger partial charge in [-0.2, -0.15) is 0 Å². The van der Waals surface area contributed by atoms with Crippen molar-refractivity contribution in [2.24, 2.45) is 7.05 Å². The summed E-state index contributed by atoms with van der Waals surface area (Å²) in [5, 5.41) is 18.9. The molecule has 0 unspecified atom stereocenters. The lowest BCUT2D eigenvalue weighted by Gasteiger charge is -2.19. The number of hydrogen-bond donors (Lipinski definition) is 2. The molecule has 1 aromatic carbocycles. The Balaban J connectivity index is 2.15. The number of nitrogens with zero attached hydrogens (tertiary/aromatic N) is 3. The van der Waals surface area contributed by atoms with E-state index in [1.54, 1.807) is 25.4 Å². The van der Waals surface area contributed by atoms with Gasteiger partial charge in [0.1, 0.15) is 11.6 Å². The van der Waals surface area contributed by atoms with Gasteiger partial charge in [-0.15, -0.1) is 0 Å². The summed E-state index contributed by atoms with van der Waals surface area (Å²) in [5.74, 6) is 1.64. The SMILES string of the molecule is COc1ccc(B(O)O)c(CN(C)Cc2nccn2C)c1. The number of imidazole rings is 1. The summed E-state index contributed by atoms with van der Waals surface area (Å²) in [6.07, 6.45) is 3.66. The molecule has 0 amide bonds. The van der Waals surface area contributed by atoms with Crippen LogP contribution in [-0.2, 0) is 20.1 Å². The largest absolute Gasteiger partial charge is 0.497 e. The van der Waals surface area contributed by atoms with Gasteiger partial charge in [0, 0.05) is 26.0 Å². The summed E-state index contributed by atoms with van der Waals surface area (Å²) in [6, 6.07) is 5.22. The Hall–Kier alpha value is -1.83. The minimum atomic E-state index is -1.49. The maximum Gasteiger partial charge on any atom is 0.488 e. The van der Waals surface area contributed by atoms with Gasteiger partial charge in [0.25, 0.3) is 0 Å². The molecule has 0 spiro atoms. The fourth-order valence-corrected chi connectivity index (χ4v) is 2.23. The molecule has 0 radical (unpaired) electrons. The molecule has 0 bridgehead atoms. The lowest BCUT2D eigenvalue weighted by atomic mass is 9.77. The molecule has 1 aromatic heterocycles. The number of hydrogen-bond acceptors (Lipinski definition) is 5. The molecule has 0 saturated heterocycles. The van der Waals surface area contributed by atoms with E-state index < -0.39 is 7.12 Å². The first-order chi connectivity index (χ1) is 10.0. The quantitative estimate of drug-likeness (QED) is 0.717. The number of aryl methyl sites for hydroxylation is 1. The van der Waals surface area contributed by atoms with Gasteiger partial charge in [-0.1, -0.05) is 6.07 Å². The molecule has 2 N–H and O–H groups in total. The first-order valence-electron chi connectivity index (χ1n) is 6.69. The van der Waals surface area contributed by atoms with Crippen LogP contribution in [0.5, 0.6) is 5.75 Å². The second-order valence-electron chi connectivity index (χ2n) is 5.07. The lowest BCUT2D eigenvalue weighted by Crippen LogP contribution is -2.35. The smallest absolute Gasteiger partial charge is 0.488 e. The highest BCUT2D eigenvalue weighted by molar-refractivity contribution is 6.59. The maximum absolute atomic E-state index is 9.46. The van der Waals surface area contributed by atoms with Crippen LogP contribution >= 0.6 is 0 Å². The third-order valence-corrected chi connectivity index (χ3v) is 3.40. The van der Waals surface area contributed by atoms with Crippen LogP contribution in [0.3, 0.4) is 0 Å². The van der Waals surface area contributed by atoms with Crippen molar-refractivity contribution in [3.8, 4) is 5.75 Å². The van der Waals surface area contributed by atoms with E-state index in [0.29, 0.717) is 24.3 Å². The monoisotopic (exact) mass is 289 g/mol. The Labute approximate surface area is 124 Å². The van der Waals surface area contributed by atoms with E-state index in [9.17, 15) is 10.0 Å². The average molecular weight is 289 g/mol. The van der Waals surface area contributed by atoms with E-state index in [-0.39, 0.29) is 0 Å². The highest BCUT2D eigenvalue weighted by atomic mass is 16.5. The normalized spacial score (nSPS) is 11.0. The molecule has 0 aliphatic rings. The molecule has 2 aromatic rings. The third-order valence-electron chi connectivity index (χ3n) is 3.40. The Morgan fingerprint density at radius 2 is 2.10 bits per heavy atom. The second kappa shape index (κ2) is 6.75. The van der Waals surface area contributed by atoms with Crippen LogP contribution in [0.25, 0.3) is 0 Å². The van der Waals surface area contributed by atoms with Crippen LogP contribution in [0, 0.1) is 0 Å². The Morgan fingerprint density at radius 3 is 2.67 bits per heavy atom. The topological polar surface area (TPSA) is 70.8 Å². The van der Waals surface area contributed by atoms with Crippen LogP contribution in [0.1, 0.15) is 11.4 Å². The van der Waals surface area contributed by atoms with Gasteiger partial charge >= 0.3 is 7.12 Å². The summed E-state index contributed by atoms with van der Waals surface area (Å²) in [5.41, 5.74) is 1.31. The molecule has 0 saturated carbocycles. The van der Waals surface area contributed by atoms with Gasteiger partial charge in [-0.3, -0.25) is 4.90 Å². The molecular formula is C14H20BN3O3. The van der Waals surface area contributed by atoms with E-state index >= 15 is 0 Å². The second-order valence-corrected chi connectivity index (χ2v) is 5.07. The summed E-state index contributed by atoms with van der Waals surface area (Å²) in [6.45, 7) is 1.23. The number of rotatable bonds is 6. The minimum Gasteiger partial charge on any atom is -0.497 e. The van der Waals surface area contributed by atoms with Gasteiger partial charge in [-0.25, -0.2) is 4.98 Å². The van der Waals surface area contributed by atoms with Gasteiger partial charge in [0.15, 0.2) is 0 Å². The van der Waals surface area contributed by atoms with Crippen LogP contribution in [0.4, 0.5) is 0 Å². The number of methoxy groups -OCH3 is 1. The zero-order valence-electron chi connectivity index (χ0n) is 12.5. The molecule has 7 heteroatoms. The van der Waals surface area contributed by atoms with Gasteiger partial charge in [-0.05, 0) is 30.2 Å². The molecule has 0 aliphatic carbocycles. The van der Waals surface area contributed by atoms with Crippen LogP contribution < -0.4 is 10.2 Å². The van der Waals surface area contributed by atoms with E-state index in [2.05, 4.69) is 9.88 Å². The summed E-state index contributed by atoms with van der Waals surface area (Å²) in [4.78, 5) is 6.34. The third kappa shape index (κ3) is 3.84. The molecule has 2 rings (SSSR count). The van der Waals surface area contributed by atoms with Gasteiger partial charge in [0.05, 0.1) is 13.7 Å². The Kier molecular flexibility index (Phi) is 5.00. The average Bonchev–Trinajstić information content (AvgIpc) is 2.83. The Bertz CT molecular complexity index is 601. The molecule has 0 aliphatic heterocycles. The van der Waals surface area contributed by atoms with Crippen molar-refractivity contribution in [3.05, 3.63) is 42.0 Å². The van der Waals surface area contributed by atoms with Crippen molar-refractivity contribution in [3.63, 3.8) is 0 Å². The van der Waals surface area contributed by atoms with Crippen molar-refractivity contribution < 1.29 is 14.8 Å². The van der Waals surface area contributed by atoms with E-state index in [0.717, 1.165) is 11.4 Å². The van der Waals surface area contributed by atoms with Crippen LogP contribution in [-0.4, -0.2) is 45.8 Å². The van der Waals surface area contributed by atoms with Gasteiger partial charge < -0.3 is 19.4 Å². The van der Waals surface area contributed by atoms with Crippen LogP contribution in [0.15, 0.2) is 30.6 Å². The first-order valence-corrected chi connectivity index (χ1v) is 6.69. The molecule has 0 atom stereocenters. The summed E-state index contributed by atoms with van der Waals surface area (Å²) in [7, 11) is 4.01. The van der Waals surface area contributed by atoms with Crippen LogP contribution in [0.2, 0.25) is 0 Å². The van der Waals surface area contributed by atoms with Crippen molar-refractivity contribution in [2.45, 2.75) is 13.1 Å². The van der Waals surface area contributed by atoms with Crippen molar-refractivity contribution >= 4 is 12.6 Å². The predicted molar refractivity (Wildman–Crippen MR) is 81.2 cm³/mol. The minimum absolute atomic E-state index is 0.488. The first kappa shape index (κ1) is 15.6. The van der Waals surface area contributed by atoms with Crippen molar-refractivity contribution in [2.75, 3.05) is 14.2 Å². The molecule has 112 valence electrons. The summed E-state index contributed by atoms with van der Waals surface area (Å²) >= 11 is 0. The molecule has 0 fully saturated rings. The molecule has 6 nitrogen and oxygen atoms in total. The van der Waals surface area contributed by atoms with Gasteiger partial charge in [0.2, 0.25) is 0 Å². The summed E-state index contributed by atoms with van der Waals surface area (Å²) < 4.78 is 7.16. The van der Waals surface area contributed by atoms with E-state index in [1.165, 1.54) is 0 Å². The number of ether oxygens (including phenoxy) is 1. The molecular weight excluding hydrogens is 269 g/mol. The molecule has 21 heavy (non-hydrogen) atoms. The molecule has 1 heterocycles. The highest BCUT2D eigenvalue weighted by Crippen LogP contribution is 2.14. The highest BCUT2D eigenvalue weighted by Gasteiger charge is 2.18. The van der Waals surface area contributed by atoms with Crippen molar-refractivity contribution in [1.29, 1.82) is 0 Å². The number of aromatic nitrogens is 2. The predicted octanol–water partition coefficient (Wildman–Crippen LogP) is -0.260. The Morgan fingerprint density at radius 1 is 1.33 bits per heavy atom. The van der Waals surface area contributed by atoms with E-state index in [1.807, 2.05) is 30.9 Å². The fourth-order valence-electron chi connectivity index (χ4n) is 2.23. The maximum atomic E-state index is 9.46. The zero-order valence-corrected chi connectivity index (χ0v) is 12.5. The standard InChI is InChI=1S/C14H20BN3O3/c1-17(10-14-16-6-7-18(14)2)9-11-8-12(21-3)4-5-13(11)15(19)20/h4-8,19-20H,9-10H2,1-3H3. The lowest BCUT2D eigenvalue weighted by molar-refractivity contribution is 0.306. The fraction of sp³-hybridized carbons (Fsp3) is 0.357. The van der Waals surface area contributed by atoms with E-state index in [4.69, 9.17) is 4.74 Å².